The summed E-state index contributed by atoms with van der Waals surface area (Å²) in [5.74, 6) is -1.04. The summed E-state index contributed by atoms with van der Waals surface area (Å²) in [4.78, 5) is 11.4. The van der Waals surface area contributed by atoms with E-state index in [2.05, 4.69) is 4.72 Å². The topological polar surface area (TPSA) is 86.7 Å². The molecule has 0 heterocycles. The highest BCUT2D eigenvalue weighted by molar-refractivity contribution is 7.98. The Morgan fingerprint density at radius 1 is 1.37 bits per heavy atom. The third-order valence-corrected chi connectivity index (χ3v) is 4.63. The molecule has 1 rings (SSSR count). The predicted octanol–water partition coefficient (Wildman–Crippen LogP) is 1.47. The van der Waals surface area contributed by atoms with E-state index in [9.17, 15) is 13.2 Å². The zero-order valence-corrected chi connectivity index (χ0v) is 12.3. The number of benzene rings is 1. The molecule has 0 aromatic heterocycles. The first-order valence-electron chi connectivity index (χ1n) is 5.45. The van der Waals surface area contributed by atoms with Crippen LogP contribution in [-0.2, 0) is 15.0 Å². The van der Waals surface area contributed by atoms with Crippen LogP contribution in [0.3, 0.4) is 0 Å². The predicted molar refractivity (Wildman–Crippen MR) is 75.6 cm³/mol. The number of nitrogens with one attached hydrogen (secondary N) is 1. The molecule has 2 N–H and O–H groups in total. The molecule has 8 heteroatoms. The van der Waals surface area contributed by atoms with Crippen LogP contribution in [0.5, 0.6) is 0 Å². The zero-order valence-electron chi connectivity index (χ0n) is 10.7. The van der Waals surface area contributed by atoms with Crippen LogP contribution in [-0.4, -0.2) is 43.6 Å². The second kappa shape index (κ2) is 6.78. The Morgan fingerprint density at radius 3 is 2.42 bits per heavy atom. The molecule has 0 saturated heterocycles. The molecule has 0 bridgehead atoms. The van der Waals surface area contributed by atoms with Gasteiger partial charge >= 0.3 is 16.2 Å². The summed E-state index contributed by atoms with van der Waals surface area (Å²) >= 11 is 1.56. The van der Waals surface area contributed by atoms with Crippen molar-refractivity contribution in [1.29, 1.82) is 0 Å². The number of carbonyl (C=O) groups is 1. The summed E-state index contributed by atoms with van der Waals surface area (Å²) in [5, 5.41) is 8.53. The van der Waals surface area contributed by atoms with Gasteiger partial charge in [-0.1, -0.05) is 0 Å². The number of carboxylic acids is 1. The number of aliphatic carboxylic acids is 1. The minimum absolute atomic E-state index is 0.0758. The molecule has 0 unspecified atom stereocenters. The number of rotatable bonds is 7. The number of nitrogens with zero attached hydrogens (tertiary/aromatic N) is 1. The fraction of sp³-hybridized carbons (Fsp3) is 0.364. The minimum atomic E-state index is -3.72. The highest BCUT2D eigenvalue weighted by atomic mass is 32.2. The van der Waals surface area contributed by atoms with Crippen LogP contribution in [0, 0.1) is 0 Å². The van der Waals surface area contributed by atoms with Crippen LogP contribution in [0.25, 0.3) is 0 Å². The first-order valence-corrected chi connectivity index (χ1v) is 8.11. The van der Waals surface area contributed by atoms with Crippen molar-refractivity contribution in [2.24, 2.45) is 0 Å². The summed E-state index contributed by atoms with van der Waals surface area (Å²) in [6.45, 7) is -0.0758. The lowest BCUT2D eigenvalue weighted by Crippen LogP contribution is -2.34. The molecule has 0 spiro atoms. The van der Waals surface area contributed by atoms with E-state index in [0.717, 1.165) is 9.20 Å². The standard InChI is InChI=1S/C11H16N2O4S2/c1-13(8-7-11(14)15)19(16,17)12-9-3-5-10(18-2)6-4-9/h3-6,12H,7-8H2,1-2H3,(H,14,15). The molecular formula is C11H16N2O4S2. The van der Waals surface area contributed by atoms with Crippen LogP contribution in [0.15, 0.2) is 29.2 Å². The van der Waals surface area contributed by atoms with Crippen LogP contribution in [0.2, 0.25) is 0 Å². The maximum absolute atomic E-state index is 11.9. The second-order valence-electron chi connectivity index (χ2n) is 3.80. The Balaban J connectivity index is 2.69. The molecule has 0 saturated carbocycles. The van der Waals surface area contributed by atoms with E-state index in [1.807, 2.05) is 6.26 Å². The molecule has 1 aromatic rings. The highest BCUT2D eigenvalue weighted by Gasteiger charge is 2.18. The van der Waals surface area contributed by atoms with Crippen molar-refractivity contribution in [2.75, 3.05) is 24.6 Å². The molecule has 106 valence electrons. The summed E-state index contributed by atoms with van der Waals surface area (Å²) in [6.07, 6.45) is 1.70. The summed E-state index contributed by atoms with van der Waals surface area (Å²) < 4.78 is 27.1. The molecule has 0 aliphatic carbocycles. The van der Waals surface area contributed by atoms with E-state index in [-0.39, 0.29) is 13.0 Å². The lowest BCUT2D eigenvalue weighted by atomic mass is 10.3. The van der Waals surface area contributed by atoms with Gasteiger partial charge in [-0.3, -0.25) is 9.52 Å². The fourth-order valence-corrected chi connectivity index (χ4v) is 2.59. The van der Waals surface area contributed by atoms with Gasteiger partial charge in [0.1, 0.15) is 0 Å². The molecule has 0 fully saturated rings. The van der Waals surface area contributed by atoms with Gasteiger partial charge in [0.05, 0.1) is 6.42 Å². The van der Waals surface area contributed by atoms with E-state index in [1.165, 1.54) is 7.05 Å². The number of hydrogen-bond acceptors (Lipinski definition) is 4. The lowest BCUT2D eigenvalue weighted by Gasteiger charge is -2.17. The Labute approximate surface area is 117 Å². The lowest BCUT2D eigenvalue weighted by molar-refractivity contribution is -0.137. The summed E-state index contributed by atoms with van der Waals surface area (Å²) in [6, 6.07) is 6.93. The summed E-state index contributed by atoms with van der Waals surface area (Å²) in [5.41, 5.74) is 0.444. The van der Waals surface area contributed by atoms with E-state index in [0.29, 0.717) is 5.69 Å². The Hall–Kier alpha value is -1.25. The monoisotopic (exact) mass is 304 g/mol. The smallest absolute Gasteiger partial charge is 0.304 e. The van der Waals surface area contributed by atoms with Gasteiger partial charge in [-0.2, -0.15) is 12.7 Å². The third-order valence-electron chi connectivity index (χ3n) is 2.39. The average molecular weight is 304 g/mol. The fourth-order valence-electron chi connectivity index (χ4n) is 1.26. The van der Waals surface area contributed by atoms with Crippen LogP contribution < -0.4 is 4.72 Å². The van der Waals surface area contributed by atoms with Gasteiger partial charge < -0.3 is 5.11 Å². The molecule has 0 atom stereocenters. The van der Waals surface area contributed by atoms with Crippen LogP contribution in [0.4, 0.5) is 5.69 Å². The molecule has 19 heavy (non-hydrogen) atoms. The van der Waals surface area contributed by atoms with Crippen LogP contribution >= 0.6 is 11.8 Å². The number of thioether (sulfide) groups is 1. The largest absolute Gasteiger partial charge is 0.481 e. The average Bonchev–Trinajstić information content (AvgIpc) is 2.36. The van der Waals surface area contributed by atoms with Crippen molar-refractivity contribution in [3.05, 3.63) is 24.3 Å². The molecule has 0 aliphatic rings. The van der Waals surface area contributed by atoms with Crippen molar-refractivity contribution in [3.8, 4) is 0 Å². The number of hydrogen-bond donors (Lipinski definition) is 2. The van der Waals surface area contributed by atoms with E-state index < -0.39 is 16.2 Å². The molecule has 0 radical (unpaired) electrons. The Kier molecular flexibility index (Phi) is 5.64. The minimum Gasteiger partial charge on any atom is -0.481 e. The van der Waals surface area contributed by atoms with Gasteiger partial charge in [0.2, 0.25) is 0 Å². The van der Waals surface area contributed by atoms with Gasteiger partial charge in [-0.15, -0.1) is 11.8 Å². The maximum Gasteiger partial charge on any atom is 0.304 e. The van der Waals surface area contributed by atoms with Crippen LogP contribution in [0.1, 0.15) is 6.42 Å². The van der Waals surface area contributed by atoms with Crippen molar-refractivity contribution in [3.63, 3.8) is 0 Å². The van der Waals surface area contributed by atoms with Gasteiger partial charge in [0.25, 0.3) is 0 Å². The SMILES string of the molecule is CSc1ccc(NS(=O)(=O)N(C)CCC(=O)O)cc1. The van der Waals surface area contributed by atoms with Crippen molar-refractivity contribution < 1.29 is 18.3 Å². The van der Waals surface area contributed by atoms with Gasteiger partial charge in [0.15, 0.2) is 0 Å². The van der Waals surface area contributed by atoms with E-state index in [1.54, 1.807) is 36.0 Å². The number of anilines is 1. The van der Waals surface area contributed by atoms with Crippen molar-refractivity contribution in [1.82, 2.24) is 4.31 Å². The van der Waals surface area contributed by atoms with E-state index in [4.69, 9.17) is 5.11 Å². The highest BCUT2D eigenvalue weighted by Crippen LogP contribution is 2.18. The molecule has 0 aliphatic heterocycles. The maximum atomic E-state index is 11.9. The normalized spacial score (nSPS) is 11.5. The molecular weight excluding hydrogens is 288 g/mol. The Bertz CT molecular complexity index is 528. The second-order valence-corrected chi connectivity index (χ2v) is 6.46. The quantitative estimate of drug-likeness (QED) is 0.745. The molecule has 1 aromatic carbocycles. The first-order chi connectivity index (χ1) is 8.85. The number of carboxylic acid groups (broad SMARTS) is 1. The van der Waals surface area contributed by atoms with Crippen molar-refractivity contribution >= 4 is 33.6 Å². The van der Waals surface area contributed by atoms with E-state index >= 15 is 0 Å². The van der Waals surface area contributed by atoms with Crippen molar-refractivity contribution in [2.45, 2.75) is 11.3 Å². The van der Waals surface area contributed by atoms with Gasteiger partial charge in [-0.05, 0) is 30.5 Å². The Morgan fingerprint density at radius 2 is 1.95 bits per heavy atom. The zero-order chi connectivity index (χ0) is 14.5. The summed E-state index contributed by atoms with van der Waals surface area (Å²) in [7, 11) is -2.38. The van der Waals surface area contributed by atoms with Gasteiger partial charge in [0, 0.05) is 24.2 Å². The van der Waals surface area contributed by atoms with Gasteiger partial charge in [-0.25, -0.2) is 0 Å². The molecule has 0 amide bonds. The third kappa shape index (κ3) is 5.09. The first kappa shape index (κ1) is 15.8. The molecule has 6 nitrogen and oxygen atoms in total.